The zero-order chi connectivity index (χ0) is 21.4. The minimum absolute atomic E-state index is 0.0118. The number of hydrogen-bond acceptors (Lipinski definition) is 6. The van der Waals surface area contributed by atoms with Crippen LogP contribution in [0.4, 0.5) is 0 Å². The van der Waals surface area contributed by atoms with Gasteiger partial charge in [-0.2, -0.15) is 0 Å². The van der Waals surface area contributed by atoms with Crippen molar-refractivity contribution in [3.05, 3.63) is 29.8 Å². The van der Waals surface area contributed by atoms with Crippen molar-refractivity contribution in [3.63, 3.8) is 0 Å². The van der Waals surface area contributed by atoms with Crippen LogP contribution in [0.25, 0.3) is 0 Å². The van der Waals surface area contributed by atoms with Crippen molar-refractivity contribution in [2.75, 3.05) is 37.7 Å². The molecule has 2 saturated heterocycles. The minimum atomic E-state index is -2.98. The monoisotopic (exact) mass is 435 g/mol. The molecule has 3 aliphatic heterocycles. The van der Waals surface area contributed by atoms with Gasteiger partial charge in [-0.1, -0.05) is 18.2 Å². The molecular weight excluding hydrogens is 406 g/mol. The van der Waals surface area contributed by atoms with Crippen LogP contribution < -0.4 is 10.1 Å². The van der Waals surface area contributed by atoms with Crippen LogP contribution in [0.15, 0.2) is 24.3 Å². The fraction of sp³-hybridized carbons (Fsp3) is 0.619. The number of carbonyl (C=O) groups is 2. The standard InChI is InChI=1S/C21H29N3O5S/c1-16(25)24-12-17-5-2-3-6-19(17)29-21(15-24)8-4-9-23(14-21)20(26)11-22-18-7-10-30(27,28)13-18/h2-3,5-6,18,22H,4,7-15H2,1H3/t18-,21+/m0/s1. The molecule has 1 N–H and O–H groups in total. The number of hydrogen-bond donors (Lipinski definition) is 1. The van der Waals surface area contributed by atoms with Crippen molar-refractivity contribution < 1.29 is 22.7 Å². The second-order valence-electron chi connectivity index (χ2n) is 8.67. The van der Waals surface area contributed by atoms with E-state index in [1.807, 2.05) is 24.3 Å². The second kappa shape index (κ2) is 8.19. The number of ether oxygens (including phenoxy) is 1. The summed E-state index contributed by atoms with van der Waals surface area (Å²) < 4.78 is 29.7. The van der Waals surface area contributed by atoms with E-state index >= 15 is 0 Å². The molecule has 2 atom stereocenters. The number of likely N-dealkylation sites (tertiary alicyclic amines) is 1. The summed E-state index contributed by atoms with van der Waals surface area (Å²) in [7, 11) is -2.98. The molecule has 0 saturated carbocycles. The van der Waals surface area contributed by atoms with E-state index in [1.54, 1.807) is 16.7 Å². The Morgan fingerprint density at radius 1 is 1.23 bits per heavy atom. The number of benzene rings is 1. The van der Waals surface area contributed by atoms with Gasteiger partial charge in [0.05, 0.1) is 31.1 Å². The molecule has 2 amide bonds. The average Bonchev–Trinajstić information content (AvgIpc) is 2.96. The molecule has 1 aromatic carbocycles. The lowest BCUT2D eigenvalue weighted by atomic mass is 9.91. The molecule has 0 bridgehead atoms. The van der Waals surface area contributed by atoms with Gasteiger partial charge >= 0.3 is 0 Å². The SMILES string of the molecule is CC(=O)N1Cc2ccccc2O[C@@]2(CCCN(C(=O)CN[C@H]3CCS(=O)(=O)C3)C2)C1. The first-order valence-corrected chi connectivity index (χ1v) is 12.3. The predicted molar refractivity (Wildman–Crippen MR) is 112 cm³/mol. The van der Waals surface area contributed by atoms with E-state index in [9.17, 15) is 18.0 Å². The van der Waals surface area contributed by atoms with Crippen LogP contribution in [-0.2, 0) is 26.0 Å². The molecule has 30 heavy (non-hydrogen) atoms. The summed E-state index contributed by atoms with van der Waals surface area (Å²) in [5.41, 5.74) is 0.334. The van der Waals surface area contributed by atoms with E-state index in [4.69, 9.17) is 4.74 Å². The quantitative estimate of drug-likeness (QED) is 0.746. The van der Waals surface area contributed by atoms with E-state index in [2.05, 4.69) is 5.32 Å². The van der Waals surface area contributed by atoms with Crippen molar-refractivity contribution in [2.45, 2.75) is 44.4 Å². The van der Waals surface area contributed by atoms with Crippen molar-refractivity contribution >= 4 is 21.7 Å². The minimum Gasteiger partial charge on any atom is -0.483 e. The number of carbonyl (C=O) groups excluding carboxylic acids is 2. The van der Waals surface area contributed by atoms with E-state index in [1.165, 1.54) is 0 Å². The highest BCUT2D eigenvalue weighted by molar-refractivity contribution is 7.91. The highest BCUT2D eigenvalue weighted by Gasteiger charge is 2.43. The number of nitrogens with one attached hydrogen (secondary N) is 1. The van der Waals surface area contributed by atoms with Gasteiger partial charge in [-0.3, -0.25) is 9.59 Å². The van der Waals surface area contributed by atoms with Crippen molar-refractivity contribution in [1.29, 1.82) is 0 Å². The number of piperidine rings is 1. The third-order valence-corrected chi connectivity index (χ3v) is 8.02. The number of fused-ring (bicyclic) bond motifs is 1. The van der Waals surface area contributed by atoms with Gasteiger partial charge in [0, 0.05) is 31.6 Å². The molecule has 8 nitrogen and oxygen atoms in total. The van der Waals surface area contributed by atoms with Gasteiger partial charge in [0.25, 0.3) is 0 Å². The summed E-state index contributed by atoms with van der Waals surface area (Å²) in [4.78, 5) is 28.7. The second-order valence-corrected chi connectivity index (χ2v) is 10.9. The maximum Gasteiger partial charge on any atom is 0.236 e. The smallest absolute Gasteiger partial charge is 0.236 e. The Labute approximate surface area is 177 Å². The van der Waals surface area contributed by atoms with Crippen molar-refractivity contribution in [3.8, 4) is 5.75 Å². The summed E-state index contributed by atoms with van der Waals surface area (Å²) >= 11 is 0. The van der Waals surface area contributed by atoms with Crippen LogP contribution in [0, 0.1) is 0 Å². The summed E-state index contributed by atoms with van der Waals surface area (Å²) in [5, 5.41) is 3.10. The summed E-state index contributed by atoms with van der Waals surface area (Å²) in [6, 6.07) is 7.58. The average molecular weight is 436 g/mol. The number of rotatable bonds is 3. The van der Waals surface area contributed by atoms with Crippen LogP contribution >= 0.6 is 0 Å². The topological polar surface area (TPSA) is 96.0 Å². The third-order valence-electron chi connectivity index (χ3n) is 6.25. The molecular formula is C21H29N3O5S. The molecule has 1 spiro atoms. The first kappa shape index (κ1) is 21.1. The molecule has 0 aromatic heterocycles. The lowest BCUT2D eigenvalue weighted by molar-refractivity contribution is -0.139. The molecule has 9 heteroatoms. The zero-order valence-corrected chi connectivity index (χ0v) is 18.1. The van der Waals surface area contributed by atoms with E-state index < -0.39 is 15.4 Å². The fourth-order valence-electron chi connectivity index (χ4n) is 4.65. The molecule has 3 aliphatic rings. The number of nitrogens with zero attached hydrogens (tertiary/aromatic N) is 2. The van der Waals surface area contributed by atoms with Gasteiger partial charge in [0.2, 0.25) is 11.8 Å². The molecule has 4 rings (SSSR count). The number of sulfone groups is 1. The molecule has 164 valence electrons. The van der Waals surface area contributed by atoms with Gasteiger partial charge in [-0.05, 0) is 25.3 Å². The van der Waals surface area contributed by atoms with E-state index in [0.717, 1.165) is 24.2 Å². The van der Waals surface area contributed by atoms with Gasteiger partial charge in [0.15, 0.2) is 9.84 Å². The van der Waals surface area contributed by atoms with Gasteiger partial charge in [-0.15, -0.1) is 0 Å². The van der Waals surface area contributed by atoms with Crippen LogP contribution in [0.2, 0.25) is 0 Å². The van der Waals surface area contributed by atoms with Crippen molar-refractivity contribution in [2.24, 2.45) is 0 Å². The zero-order valence-electron chi connectivity index (χ0n) is 17.3. The van der Waals surface area contributed by atoms with Crippen molar-refractivity contribution in [1.82, 2.24) is 15.1 Å². The lowest BCUT2D eigenvalue weighted by Crippen LogP contribution is -2.59. The van der Waals surface area contributed by atoms with Gasteiger partial charge < -0.3 is 19.9 Å². The largest absolute Gasteiger partial charge is 0.483 e. The Hall–Kier alpha value is -2.13. The van der Waals surface area contributed by atoms with Crippen LogP contribution in [-0.4, -0.2) is 79.4 Å². The summed E-state index contributed by atoms with van der Waals surface area (Å²) in [5.74, 6) is 0.971. The highest BCUT2D eigenvalue weighted by Crippen LogP contribution is 2.34. The Kier molecular flexibility index (Phi) is 5.76. The van der Waals surface area contributed by atoms with Gasteiger partial charge in [0.1, 0.15) is 11.4 Å². The maximum atomic E-state index is 12.9. The number of para-hydroxylation sites is 1. The Morgan fingerprint density at radius 2 is 2.00 bits per heavy atom. The Balaban J connectivity index is 1.46. The molecule has 2 fully saturated rings. The predicted octanol–water partition coefficient (Wildman–Crippen LogP) is 0.565. The Morgan fingerprint density at radius 3 is 2.73 bits per heavy atom. The Bertz CT molecular complexity index is 934. The van der Waals surface area contributed by atoms with E-state index in [-0.39, 0.29) is 35.9 Å². The van der Waals surface area contributed by atoms with Crippen LogP contribution in [0.3, 0.4) is 0 Å². The normalized spacial score (nSPS) is 28.0. The molecule has 3 heterocycles. The number of amides is 2. The molecule has 0 radical (unpaired) electrons. The van der Waals surface area contributed by atoms with E-state index in [0.29, 0.717) is 32.6 Å². The van der Waals surface area contributed by atoms with Crippen LogP contribution in [0.1, 0.15) is 31.7 Å². The van der Waals surface area contributed by atoms with Crippen LogP contribution in [0.5, 0.6) is 5.75 Å². The molecule has 1 aromatic rings. The maximum absolute atomic E-state index is 12.9. The lowest BCUT2D eigenvalue weighted by Gasteiger charge is -2.43. The summed E-state index contributed by atoms with van der Waals surface area (Å²) in [6.07, 6.45) is 2.10. The molecule has 0 unspecified atom stereocenters. The third kappa shape index (κ3) is 4.62. The highest BCUT2D eigenvalue weighted by atomic mass is 32.2. The fourth-order valence-corrected chi connectivity index (χ4v) is 6.36. The first-order chi connectivity index (χ1) is 14.3. The van der Waals surface area contributed by atoms with Gasteiger partial charge in [-0.25, -0.2) is 8.42 Å². The molecule has 0 aliphatic carbocycles. The summed E-state index contributed by atoms with van der Waals surface area (Å²) in [6.45, 7) is 3.66. The first-order valence-electron chi connectivity index (χ1n) is 10.5.